The maximum atomic E-state index is 13.6. The van der Waals surface area contributed by atoms with E-state index in [2.05, 4.69) is 15.6 Å². The highest BCUT2D eigenvalue weighted by molar-refractivity contribution is 6.03. The predicted octanol–water partition coefficient (Wildman–Crippen LogP) is 4.53. The first-order valence-electron chi connectivity index (χ1n) is 7.47. The Morgan fingerprint density at radius 1 is 1.00 bits per heavy atom. The Balaban J connectivity index is 1.76. The molecule has 1 heterocycles. The van der Waals surface area contributed by atoms with E-state index in [1.165, 1.54) is 23.9 Å². The molecule has 5 heteroatoms. The Hall–Kier alpha value is -3.21. The highest BCUT2D eigenvalue weighted by atomic mass is 19.1. The third kappa shape index (κ3) is 3.76. The Labute approximate surface area is 139 Å². The lowest BCUT2D eigenvalue weighted by Crippen LogP contribution is -2.14. The average Bonchev–Trinajstić information content (AvgIpc) is 2.59. The van der Waals surface area contributed by atoms with E-state index in [1.807, 2.05) is 31.2 Å². The molecule has 0 bridgehead atoms. The van der Waals surface area contributed by atoms with Gasteiger partial charge in [-0.15, -0.1) is 0 Å². The summed E-state index contributed by atoms with van der Waals surface area (Å²) in [7, 11) is 0. The number of benzene rings is 2. The molecule has 24 heavy (non-hydrogen) atoms. The van der Waals surface area contributed by atoms with E-state index in [0.717, 1.165) is 11.4 Å². The van der Waals surface area contributed by atoms with E-state index < -0.39 is 11.7 Å². The molecule has 120 valence electrons. The molecule has 2 N–H and O–H groups in total. The molecule has 0 atom stereocenters. The maximum Gasteiger partial charge on any atom is 0.274 e. The Morgan fingerprint density at radius 3 is 2.50 bits per heavy atom. The molecule has 0 aliphatic rings. The highest BCUT2D eigenvalue weighted by Gasteiger charge is 2.11. The van der Waals surface area contributed by atoms with Gasteiger partial charge in [0.05, 0.1) is 5.69 Å². The van der Waals surface area contributed by atoms with Crippen LogP contribution >= 0.6 is 0 Å². The number of carbonyl (C=O) groups is 1. The summed E-state index contributed by atoms with van der Waals surface area (Å²) in [4.78, 5) is 16.3. The standard InChI is InChI=1S/C19H16FN3O/c1-13-6-8-14(9-7-13)22-15-10-11-21-18(12-15)19(24)23-17-5-3-2-4-16(17)20/h2-12H,1H3,(H,21,22)(H,23,24). The second-order valence-corrected chi connectivity index (χ2v) is 5.35. The zero-order chi connectivity index (χ0) is 16.9. The minimum atomic E-state index is -0.486. The van der Waals surface area contributed by atoms with Crippen LogP contribution in [0, 0.1) is 12.7 Å². The van der Waals surface area contributed by atoms with Gasteiger partial charge in [-0.2, -0.15) is 0 Å². The van der Waals surface area contributed by atoms with Crippen molar-refractivity contribution in [2.75, 3.05) is 10.6 Å². The average molecular weight is 321 g/mol. The van der Waals surface area contributed by atoms with Crippen molar-refractivity contribution in [1.82, 2.24) is 4.98 Å². The summed E-state index contributed by atoms with van der Waals surface area (Å²) in [5.74, 6) is -0.951. The minimum absolute atomic E-state index is 0.126. The van der Waals surface area contributed by atoms with E-state index in [9.17, 15) is 9.18 Å². The molecule has 3 rings (SSSR count). The van der Waals surface area contributed by atoms with Crippen LogP contribution < -0.4 is 10.6 Å². The quantitative estimate of drug-likeness (QED) is 0.742. The number of hydrogen-bond donors (Lipinski definition) is 2. The van der Waals surface area contributed by atoms with E-state index in [0.29, 0.717) is 0 Å². The zero-order valence-corrected chi connectivity index (χ0v) is 13.1. The van der Waals surface area contributed by atoms with Crippen LogP contribution in [0.3, 0.4) is 0 Å². The van der Waals surface area contributed by atoms with Crippen molar-refractivity contribution < 1.29 is 9.18 Å². The van der Waals surface area contributed by atoms with Crippen molar-refractivity contribution >= 4 is 23.0 Å². The van der Waals surface area contributed by atoms with Gasteiger partial charge in [-0.3, -0.25) is 9.78 Å². The SMILES string of the molecule is Cc1ccc(Nc2ccnc(C(=O)Nc3ccccc3F)c2)cc1. The maximum absolute atomic E-state index is 13.6. The van der Waals surface area contributed by atoms with Gasteiger partial charge in [0, 0.05) is 17.6 Å². The number of rotatable bonds is 4. The van der Waals surface area contributed by atoms with Crippen LogP contribution in [0.15, 0.2) is 66.9 Å². The summed E-state index contributed by atoms with van der Waals surface area (Å²) in [6.07, 6.45) is 1.53. The van der Waals surface area contributed by atoms with Gasteiger partial charge in [0.2, 0.25) is 0 Å². The van der Waals surface area contributed by atoms with Crippen LogP contribution in [-0.4, -0.2) is 10.9 Å². The monoisotopic (exact) mass is 321 g/mol. The summed E-state index contributed by atoms with van der Waals surface area (Å²) < 4.78 is 13.6. The largest absolute Gasteiger partial charge is 0.355 e. The van der Waals surface area contributed by atoms with Gasteiger partial charge < -0.3 is 10.6 Å². The van der Waals surface area contributed by atoms with E-state index in [1.54, 1.807) is 24.3 Å². The van der Waals surface area contributed by atoms with Crippen molar-refractivity contribution in [1.29, 1.82) is 0 Å². The topological polar surface area (TPSA) is 54.0 Å². The summed E-state index contributed by atoms with van der Waals surface area (Å²) >= 11 is 0. The van der Waals surface area contributed by atoms with Crippen molar-refractivity contribution in [3.63, 3.8) is 0 Å². The summed E-state index contributed by atoms with van der Waals surface area (Å²) in [5.41, 5.74) is 3.14. The molecular weight excluding hydrogens is 305 g/mol. The fourth-order valence-electron chi connectivity index (χ4n) is 2.18. The summed E-state index contributed by atoms with van der Waals surface area (Å²) in [6, 6.07) is 17.3. The fourth-order valence-corrected chi connectivity index (χ4v) is 2.18. The highest BCUT2D eigenvalue weighted by Crippen LogP contribution is 2.18. The number of nitrogens with zero attached hydrogens (tertiary/aromatic N) is 1. The summed E-state index contributed by atoms with van der Waals surface area (Å²) in [6.45, 7) is 2.02. The third-order valence-corrected chi connectivity index (χ3v) is 3.45. The first-order chi connectivity index (χ1) is 11.6. The van der Waals surface area contributed by atoms with Crippen LogP contribution in [0.4, 0.5) is 21.5 Å². The number of aromatic nitrogens is 1. The van der Waals surface area contributed by atoms with Gasteiger partial charge in [-0.1, -0.05) is 29.8 Å². The molecule has 1 aromatic heterocycles. The molecule has 1 amide bonds. The number of hydrogen-bond acceptors (Lipinski definition) is 3. The molecule has 4 nitrogen and oxygen atoms in total. The van der Waals surface area contributed by atoms with Crippen LogP contribution in [0.2, 0.25) is 0 Å². The molecule has 0 aliphatic carbocycles. The van der Waals surface area contributed by atoms with Crippen molar-refractivity contribution in [3.8, 4) is 0 Å². The number of carbonyl (C=O) groups excluding carboxylic acids is 1. The van der Waals surface area contributed by atoms with Gasteiger partial charge in [-0.25, -0.2) is 4.39 Å². The molecule has 3 aromatic rings. The Bertz CT molecular complexity index is 862. The normalized spacial score (nSPS) is 10.2. The summed E-state index contributed by atoms with van der Waals surface area (Å²) in [5, 5.41) is 5.73. The number of aryl methyl sites for hydroxylation is 1. The molecule has 0 saturated carbocycles. The predicted molar refractivity (Wildman–Crippen MR) is 93.1 cm³/mol. The second-order valence-electron chi connectivity index (χ2n) is 5.35. The first-order valence-corrected chi connectivity index (χ1v) is 7.47. The lowest BCUT2D eigenvalue weighted by molar-refractivity contribution is 0.102. The zero-order valence-electron chi connectivity index (χ0n) is 13.1. The van der Waals surface area contributed by atoms with Crippen LogP contribution in [0.1, 0.15) is 16.1 Å². The molecule has 0 aliphatic heterocycles. The molecular formula is C19H16FN3O. The van der Waals surface area contributed by atoms with Gasteiger partial charge in [-0.05, 0) is 43.3 Å². The van der Waals surface area contributed by atoms with Crippen molar-refractivity contribution in [2.45, 2.75) is 6.92 Å². The second kappa shape index (κ2) is 6.91. The van der Waals surface area contributed by atoms with Crippen LogP contribution in [0.5, 0.6) is 0 Å². The van der Waals surface area contributed by atoms with E-state index in [-0.39, 0.29) is 11.4 Å². The first kappa shape index (κ1) is 15.7. The molecule has 0 saturated heterocycles. The lowest BCUT2D eigenvalue weighted by Gasteiger charge is -2.09. The number of nitrogens with one attached hydrogen (secondary N) is 2. The van der Waals surface area contributed by atoms with Gasteiger partial charge >= 0.3 is 0 Å². The van der Waals surface area contributed by atoms with Crippen LogP contribution in [-0.2, 0) is 0 Å². The number of halogens is 1. The van der Waals surface area contributed by atoms with Crippen molar-refractivity contribution in [2.24, 2.45) is 0 Å². The number of anilines is 3. The fraction of sp³-hybridized carbons (Fsp3) is 0.0526. The molecule has 2 aromatic carbocycles. The van der Waals surface area contributed by atoms with Gasteiger partial charge in [0.25, 0.3) is 5.91 Å². The number of amides is 1. The van der Waals surface area contributed by atoms with Gasteiger partial charge in [0.1, 0.15) is 11.5 Å². The van der Waals surface area contributed by atoms with Gasteiger partial charge in [0.15, 0.2) is 0 Å². The Morgan fingerprint density at radius 2 is 1.75 bits per heavy atom. The smallest absolute Gasteiger partial charge is 0.274 e. The molecule has 0 fully saturated rings. The molecule has 0 unspecified atom stereocenters. The third-order valence-electron chi connectivity index (χ3n) is 3.45. The number of para-hydroxylation sites is 1. The number of pyridine rings is 1. The Kier molecular flexibility index (Phi) is 4.52. The molecule has 0 radical (unpaired) electrons. The van der Waals surface area contributed by atoms with E-state index in [4.69, 9.17) is 0 Å². The lowest BCUT2D eigenvalue weighted by atomic mass is 10.2. The van der Waals surface area contributed by atoms with Crippen molar-refractivity contribution in [3.05, 3.63) is 83.9 Å². The van der Waals surface area contributed by atoms with E-state index >= 15 is 0 Å². The molecule has 0 spiro atoms. The minimum Gasteiger partial charge on any atom is -0.355 e. The van der Waals surface area contributed by atoms with Crippen LogP contribution in [0.25, 0.3) is 0 Å².